The van der Waals surface area contributed by atoms with Crippen molar-refractivity contribution in [3.05, 3.63) is 78.3 Å². The van der Waals surface area contributed by atoms with Crippen molar-refractivity contribution < 1.29 is 21.6 Å². The van der Waals surface area contributed by atoms with Crippen molar-refractivity contribution in [2.24, 2.45) is 0 Å². The Morgan fingerprint density at radius 3 is 2.40 bits per heavy atom. The number of hydrogen-bond acceptors (Lipinski definition) is 4. The first-order chi connectivity index (χ1) is 11.9. The molecule has 0 aliphatic carbocycles. The first kappa shape index (κ1) is 17.1. The minimum Gasteiger partial charge on any atom is -0.468 e. The van der Waals surface area contributed by atoms with Gasteiger partial charge in [0, 0.05) is 11.8 Å². The zero-order valence-corrected chi connectivity index (χ0v) is 13.7. The van der Waals surface area contributed by atoms with Gasteiger partial charge in [0.15, 0.2) is 0 Å². The third-order valence-electron chi connectivity index (χ3n) is 3.39. The number of rotatable bonds is 6. The molecule has 2 N–H and O–H groups in total. The van der Waals surface area contributed by atoms with Gasteiger partial charge in [-0.2, -0.15) is 0 Å². The van der Waals surface area contributed by atoms with Gasteiger partial charge in [0.25, 0.3) is 0 Å². The minimum atomic E-state index is -3.70. The molecule has 0 saturated carbocycles. The lowest BCUT2D eigenvalue weighted by Crippen LogP contribution is -2.22. The van der Waals surface area contributed by atoms with Gasteiger partial charge in [-0.3, -0.25) is 0 Å². The van der Waals surface area contributed by atoms with E-state index in [1.165, 1.54) is 36.6 Å². The fourth-order valence-electron chi connectivity index (χ4n) is 2.13. The van der Waals surface area contributed by atoms with Gasteiger partial charge in [-0.25, -0.2) is 21.9 Å². The second kappa shape index (κ2) is 7.04. The normalized spacial score (nSPS) is 11.4. The van der Waals surface area contributed by atoms with Crippen molar-refractivity contribution in [2.45, 2.75) is 11.4 Å². The first-order valence-corrected chi connectivity index (χ1v) is 8.76. The lowest BCUT2D eigenvalue weighted by Gasteiger charge is -2.09. The molecule has 0 bridgehead atoms. The van der Waals surface area contributed by atoms with Crippen LogP contribution in [0.1, 0.15) is 5.76 Å². The molecule has 0 aliphatic heterocycles. The van der Waals surface area contributed by atoms with Gasteiger partial charge in [0.05, 0.1) is 23.4 Å². The van der Waals surface area contributed by atoms with Gasteiger partial charge in [-0.1, -0.05) is 0 Å². The highest BCUT2D eigenvalue weighted by atomic mass is 32.2. The molecule has 0 fully saturated rings. The minimum absolute atomic E-state index is 0.0378. The van der Waals surface area contributed by atoms with Crippen LogP contribution in [0.25, 0.3) is 0 Å². The quantitative estimate of drug-likeness (QED) is 0.698. The lowest BCUT2D eigenvalue weighted by molar-refractivity contribution is 0.498. The summed E-state index contributed by atoms with van der Waals surface area (Å²) in [7, 11) is -3.70. The molecule has 25 heavy (non-hydrogen) atoms. The van der Waals surface area contributed by atoms with Crippen molar-refractivity contribution in [2.75, 3.05) is 5.32 Å². The first-order valence-electron chi connectivity index (χ1n) is 7.28. The van der Waals surface area contributed by atoms with Gasteiger partial charge < -0.3 is 9.73 Å². The zero-order valence-electron chi connectivity index (χ0n) is 12.9. The van der Waals surface area contributed by atoms with E-state index >= 15 is 0 Å². The molecule has 3 rings (SSSR count). The molecule has 0 aliphatic rings. The van der Waals surface area contributed by atoms with Crippen molar-refractivity contribution in [3.63, 3.8) is 0 Å². The number of nitrogens with one attached hydrogen (secondary N) is 2. The molecule has 0 spiro atoms. The highest BCUT2D eigenvalue weighted by molar-refractivity contribution is 7.89. The van der Waals surface area contributed by atoms with E-state index in [-0.39, 0.29) is 17.1 Å². The van der Waals surface area contributed by atoms with Crippen LogP contribution in [-0.2, 0) is 16.6 Å². The summed E-state index contributed by atoms with van der Waals surface area (Å²) in [4.78, 5) is 0.0594. The number of halogens is 2. The summed E-state index contributed by atoms with van der Waals surface area (Å²) in [6.07, 6.45) is 1.46. The summed E-state index contributed by atoms with van der Waals surface area (Å²) >= 11 is 0. The van der Waals surface area contributed by atoms with Crippen LogP contribution in [0.2, 0.25) is 0 Å². The Morgan fingerprint density at radius 1 is 1.00 bits per heavy atom. The molecule has 0 unspecified atom stereocenters. The van der Waals surface area contributed by atoms with Crippen LogP contribution in [0.4, 0.5) is 20.2 Å². The number of anilines is 2. The van der Waals surface area contributed by atoms with Gasteiger partial charge >= 0.3 is 0 Å². The fraction of sp³-hybridized carbons (Fsp3) is 0.0588. The van der Waals surface area contributed by atoms with Crippen molar-refractivity contribution in [1.82, 2.24) is 4.72 Å². The number of furan rings is 1. The van der Waals surface area contributed by atoms with Crippen LogP contribution < -0.4 is 10.0 Å². The second-order valence-electron chi connectivity index (χ2n) is 5.18. The van der Waals surface area contributed by atoms with E-state index in [1.807, 2.05) is 0 Å². The third kappa shape index (κ3) is 4.23. The zero-order chi connectivity index (χ0) is 17.9. The monoisotopic (exact) mass is 364 g/mol. The summed E-state index contributed by atoms with van der Waals surface area (Å²) in [6, 6.07) is 12.2. The number of sulfonamides is 1. The Bertz CT molecular complexity index is 956. The molecule has 0 saturated heterocycles. The summed E-state index contributed by atoms with van der Waals surface area (Å²) in [6.45, 7) is 0.0378. The summed E-state index contributed by atoms with van der Waals surface area (Å²) < 4.78 is 58.4. The Balaban J connectivity index is 1.70. The van der Waals surface area contributed by atoms with E-state index in [0.717, 1.165) is 12.1 Å². The van der Waals surface area contributed by atoms with Crippen molar-refractivity contribution in [3.8, 4) is 0 Å². The van der Waals surface area contributed by atoms with E-state index in [1.54, 1.807) is 12.1 Å². The fourth-order valence-corrected chi connectivity index (χ4v) is 3.12. The summed E-state index contributed by atoms with van der Waals surface area (Å²) in [5, 5.41) is 2.76. The van der Waals surface area contributed by atoms with E-state index in [4.69, 9.17) is 4.42 Å². The van der Waals surface area contributed by atoms with Crippen LogP contribution in [0, 0.1) is 11.6 Å². The largest absolute Gasteiger partial charge is 0.468 e. The van der Waals surface area contributed by atoms with Crippen molar-refractivity contribution in [1.29, 1.82) is 0 Å². The molecule has 1 heterocycles. The van der Waals surface area contributed by atoms with E-state index in [2.05, 4.69) is 10.0 Å². The molecule has 0 amide bonds. The van der Waals surface area contributed by atoms with Crippen LogP contribution in [0.5, 0.6) is 0 Å². The van der Waals surface area contributed by atoms with E-state index in [0.29, 0.717) is 11.4 Å². The van der Waals surface area contributed by atoms with Crippen LogP contribution in [-0.4, -0.2) is 8.42 Å². The molecule has 0 atom stereocenters. The maximum absolute atomic E-state index is 13.6. The lowest BCUT2D eigenvalue weighted by atomic mass is 10.2. The second-order valence-corrected chi connectivity index (χ2v) is 6.94. The van der Waals surface area contributed by atoms with Crippen molar-refractivity contribution >= 4 is 21.4 Å². The van der Waals surface area contributed by atoms with Crippen LogP contribution in [0.3, 0.4) is 0 Å². The number of benzene rings is 2. The maximum atomic E-state index is 13.6. The summed E-state index contributed by atoms with van der Waals surface area (Å²) in [5.74, 6) is -0.919. The number of hydrogen-bond donors (Lipinski definition) is 2. The molecular weight excluding hydrogens is 350 g/mol. The average molecular weight is 364 g/mol. The smallest absolute Gasteiger partial charge is 0.240 e. The predicted molar refractivity (Wildman–Crippen MR) is 88.8 cm³/mol. The van der Waals surface area contributed by atoms with Gasteiger partial charge in [0.2, 0.25) is 10.0 Å². The molecular formula is C17H14F2N2O3S. The van der Waals surface area contributed by atoms with Crippen LogP contribution >= 0.6 is 0 Å². The molecule has 5 nitrogen and oxygen atoms in total. The molecule has 1 aromatic heterocycles. The van der Waals surface area contributed by atoms with E-state index < -0.39 is 21.7 Å². The molecule has 130 valence electrons. The SMILES string of the molecule is O=S(=O)(NCc1ccco1)c1ccc(Nc2ccc(F)cc2F)cc1. The highest BCUT2D eigenvalue weighted by Crippen LogP contribution is 2.22. The van der Waals surface area contributed by atoms with E-state index in [9.17, 15) is 17.2 Å². The average Bonchev–Trinajstić information content (AvgIpc) is 3.10. The maximum Gasteiger partial charge on any atom is 0.240 e. The standard InChI is InChI=1S/C17H14F2N2O3S/c18-12-3-8-17(16(19)10-12)21-13-4-6-15(7-5-13)25(22,23)20-11-14-2-1-9-24-14/h1-10,20-21H,11H2. The Hall–Kier alpha value is -2.71. The van der Waals surface area contributed by atoms with Crippen LogP contribution in [0.15, 0.2) is 70.2 Å². The Labute approximate surface area is 143 Å². The molecule has 8 heteroatoms. The van der Waals surface area contributed by atoms with Gasteiger partial charge in [-0.15, -0.1) is 0 Å². The third-order valence-corrected chi connectivity index (χ3v) is 4.81. The topological polar surface area (TPSA) is 71.3 Å². The Morgan fingerprint density at radius 2 is 1.76 bits per heavy atom. The molecule has 0 radical (unpaired) electrons. The summed E-state index contributed by atoms with van der Waals surface area (Å²) in [5.41, 5.74) is 0.559. The highest BCUT2D eigenvalue weighted by Gasteiger charge is 2.14. The van der Waals surface area contributed by atoms with Gasteiger partial charge in [-0.05, 0) is 48.5 Å². The molecule has 3 aromatic rings. The molecule has 2 aromatic carbocycles. The Kier molecular flexibility index (Phi) is 4.82. The predicted octanol–water partition coefficient (Wildman–Crippen LogP) is 3.78. The van der Waals surface area contributed by atoms with Gasteiger partial charge in [0.1, 0.15) is 17.4 Å².